The molecule has 2 aliphatic carbocycles. The van der Waals surface area contributed by atoms with Gasteiger partial charge in [0.1, 0.15) is 0 Å². The maximum Gasteiger partial charge on any atom is 0.0541 e. The number of fused-ring (bicyclic) bond motifs is 6. The van der Waals surface area contributed by atoms with Gasteiger partial charge in [-0.05, 0) is 103 Å². The lowest BCUT2D eigenvalue weighted by atomic mass is 9.94. The molecule has 0 saturated heterocycles. The quantitative estimate of drug-likeness (QED) is 0.201. The summed E-state index contributed by atoms with van der Waals surface area (Å²) in [4.78, 5) is 0. The third-order valence-electron chi connectivity index (χ3n) is 9.46. The number of aromatic nitrogens is 2. The minimum atomic E-state index is 1.09. The fourth-order valence-electron chi connectivity index (χ4n) is 7.36. The van der Waals surface area contributed by atoms with Gasteiger partial charge in [-0.25, -0.2) is 0 Å². The molecule has 0 fully saturated rings. The molecule has 0 bridgehead atoms. The van der Waals surface area contributed by atoms with Gasteiger partial charge >= 0.3 is 0 Å². The van der Waals surface area contributed by atoms with Crippen LogP contribution in [0.5, 0.6) is 0 Å². The largest absolute Gasteiger partial charge is 0.309 e. The highest BCUT2D eigenvalue weighted by molar-refractivity contribution is 6.11. The Balaban J connectivity index is 1.29. The van der Waals surface area contributed by atoms with E-state index in [2.05, 4.69) is 155 Å². The summed E-state index contributed by atoms with van der Waals surface area (Å²) in [6, 6.07) is 40.7. The van der Waals surface area contributed by atoms with Crippen LogP contribution in [0.15, 0.2) is 146 Å². The van der Waals surface area contributed by atoms with E-state index in [0.29, 0.717) is 0 Å². The lowest BCUT2D eigenvalue weighted by molar-refractivity contribution is 1.05. The topological polar surface area (TPSA) is 9.86 Å². The highest BCUT2D eigenvalue weighted by atomic mass is 15.0. The molecule has 0 saturated carbocycles. The molecule has 2 heteroatoms. The second kappa shape index (κ2) is 10.1. The molecule has 0 amide bonds. The molecule has 0 N–H and O–H groups in total. The van der Waals surface area contributed by atoms with Gasteiger partial charge in [0.15, 0.2) is 0 Å². The summed E-state index contributed by atoms with van der Waals surface area (Å²) in [5.41, 5.74) is 12.8. The van der Waals surface area contributed by atoms with Crippen LogP contribution in [0.2, 0.25) is 0 Å². The molecule has 2 aliphatic rings. The average Bonchev–Trinajstić information content (AvgIpc) is 3.61. The summed E-state index contributed by atoms with van der Waals surface area (Å²) in [5.74, 6) is 0. The molecule has 0 atom stereocenters. The Bertz CT molecular complexity index is 2240. The summed E-state index contributed by atoms with van der Waals surface area (Å²) >= 11 is 0. The van der Waals surface area contributed by atoms with E-state index < -0.39 is 0 Å². The Morgan fingerprint density at radius 2 is 0.886 bits per heavy atom. The second-order valence-electron chi connectivity index (χ2n) is 12.0. The standard InChI is InChI=1S/C42H32N2/c1-3-12-29(13-4-1)31-22-24-41-37(26-31)38-27-32(30-14-5-2-6-15-30)23-25-42(38)44(41)34-17-11-16-33(28-34)43-39-20-9-7-18-35(39)36-19-8-10-21-40(36)43/h1-3,5,7-12,14,16-28H,4,6,13,15H2. The third-order valence-corrected chi connectivity index (χ3v) is 9.46. The summed E-state index contributed by atoms with van der Waals surface area (Å²) in [5, 5.41) is 5.18. The van der Waals surface area contributed by atoms with Crippen LogP contribution in [0.3, 0.4) is 0 Å². The predicted octanol–water partition coefficient (Wildman–Crippen LogP) is 11.3. The number of allylic oxidation sites excluding steroid dienone is 8. The van der Waals surface area contributed by atoms with Crippen molar-refractivity contribution in [3.8, 4) is 11.4 Å². The van der Waals surface area contributed by atoms with E-state index in [0.717, 1.165) is 25.7 Å². The molecule has 9 rings (SSSR count). The van der Waals surface area contributed by atoms with Crippen molar-refractivity contribution in [1.82, 2.24) is 9.13 Å². The first kappa shape index (κ1) is 25.2. The van der Waals surface area contributed by atoms with Gasteiger partial charge in [-0.2, -0.15) is 0 Å². The van der Waals surface area contributed by atoms with Crippen LogP contribution in [0, 0.1) is 0 Å². The molecule has 44 heavy (non-hydrogen) atoms. The van der Waals surface area contributed by atoms with Crippen molar-refractivity contribution in [2.75, 3.05) is 0 Å². The second-order valence-corrected chi connectivity index (χ2v) is 12.0. The van der Waals surface area contributed by atoms with Crippen LogP contribution in [-0.4, -0.2) is 9.13 Å². The maximum atomic E-state index is 2.46. The van der Waals surface area contributed by atoms with Crippen molar-refractivity contribution in [3.63, 3.8) is 0 Å². The molecule has 0 radical (unpaired) electrons. The molecule has 0 aliphatic heterocycles. The molecular formula is C42H32N2. The number of para-hydroxylation sites is 2. The number of rotatable bonds is 4. The maximum absolute atomic E-state index is 2.46. The van der Waals surface area contributed by atoms with Gasteiger partial charge in [0.05, 0.1) is 22.1 Å². The van der Waals surface area contributed by atoms with Crippen molar-refractivity contribution < 1.29 is 0 Å². The van der Waals surface area contributed by atoms with Gasteiger partial charge in [0, 0.05) is 32.9 Å². The molecule has 210 valence electrons. The van der Waals surface area contributed by atoms with Crippen molar-refractivity contribution in [3.05, 3.63) is 157 Å². The van der Waals surface area contributed by atoms with Crippen molar-refractivity contribution in [1.29, 1.82) is 0 Å². The first-order valence-electron chi connectivity index (χ1n) is 15.7. The zero-order valence-corrected chi connectivity index (χ0v) is 24.6. The van der Waals surface area contributed by atoms with Gasteiger partial charge in [-0.15, -0.1) is 0 Å². The van der Waals surface area contributed by atoms with E-state index in [9.17, 15) is 0 Å². The first-order valence-corrected chi connectivity index (χ1v) is 15.7. The first-order chi connectivity index (χ1) is 21.8. The van der Waals surface area contributed by atoms with Gasteiger partial charge in [-0.1, -0.05) is 91.1 Å². The van der Waals surface area contributed by atoms with Crippen molar-refractivity contribution in [2.45, 2.75) is 25.7 Å². The highest BCUT2D eigenvalue weighted by Crippen LogP contribution is 2.38. The molecule has 0 unspecified atom stereocenters. The fourth-order valence-corrected chi connectivity index (χ4v) is 7.36. The Morgan fingerprint density at radius 3 is 1.36 bits per heavy atom. The van der Waals surface area contributed by atoms with E-state index in [-0.39, 0.29) is 0 Å². The molecule has 2 nitrogen and oxygen atoms in total. The number of nitrogens with zero attached hydrogens (tertiary/aromatic N) is 2. The van der Waals surface area contributed by atoms with Gasteiger partial charge < -0.3 is 9.13 Å². The van der Waals surface area contributed by atoms with E-state index in [1.807, 2.05) is 0 Å². The zero-order valence-electron chi connectivity index (χ0n) is 24.6. The Labute approximate surface area is 257 Å². The van der Waals surface area contributed by atoms with E-state index in [1.54, 1.807) is 0 Å². The Hall–Kier alpha value is -5.34. The smallest absolute Gasteiger partial charge is 0.0541 e. The van der Waals surface area contributed by atoms with E-state index >= 15 is 0 Å². The van der Waals surface area contributed by atoms with Gasteiger partial charge in [0.2, 0.25) is 0 Å². The van der Waals surface area contributed by atoms with Gasteiger partial charge in [-0.3, -0.25) is 0 Å². The summed E-state index contributed by atoms with van der Waals surface area (Å²) in [6.07, 6.45) is 17.9. The third kappa shape index (κ3) is 3.95. The lowest BCUT2D eigenvalue weighted by Gasteiger charge is -2.13. The molecule has 2 aromatic heterocycles. The number of hydrogen-bond acceptors (Lipinski definition) is 0. The summed E-state index contributed by atoms with van der Waals surface area (Å²) in [6.45, 7) is 0. The molecule has 2 heterocycles. The minimum absolute atomic E-state index is 1.09. The lowest BCUT2D eigenvalue weighted by Crippen LogP contribution is -1.98. The zero-order chi connectivity index (χ0) is 29.0. The fraction of sp³-hybridized carbons (Fsp3) is 0.0952. The van der Waals surface area contributed by atoms with Crippen molar-refractivity contribution in [2.24, 2.45) is 0 Å². The summed E-state index contributed by atoms with van der Waals surface area (Å²) < 4.78 is 4.87. The molecule has 5 aromatic carbocycles. The van der Waals surface area contributed by atoms with E-state index in [4.69, 9.17) is 0 Å². The minimum Gasteiger partial charge on any atom is -0.309 e. The molecular weight excluding hydrogens is 532 g/mol. The Morgan fingerprint density at radius 1 is 0.409 bits per heavy atom. The highest BCUT2D eigenvalue weighted by Gasteiger charge is 2.18. The molecule has 0 spiro atoms. The monoisotopic (exact) mass is 564 g/mol. The van der Waals surface area contributed by atoms with Gasteiger partial charge in [0.25, 0.3) is 0 Å². The van der Waals surface area contributed by atoms with Crippen LogP contribution in [-0.2, 0) is 0 Å². The Kier molecular flexibility index (Phi) is 5.80. The van der Waals surface area contributed by atoms with Crippen LogP contribution in [0.25, 0.3) is 66.1 Å². The molecule has 7 aromatic rings. The number of hydrogen-bond donors (Lipinski definition) is 0. The summed E-state index contributed by atoms with van der Waals surface area (Å²) in [7, 11) is 0. The SMILES string of the molecule is C1=CCCC(c2ccc3c(c2)c2cc(C4=CC=CCC4)ccc2n3-c2cccc(-n3c4ccccc4c4ccccc43)c2)=C1. The average molecular weight is 565 g/mol. The predicted molar refractivity (Wildman–Crippen MR) is 188 cm³/mol. The van der Waals surface area contributed by atoms with Crippen LogP contribution < -0.4 is 0 Å². The van der Waals surface area contributed by atoms with E-state index in [1.165, 1.54) is 77.3 Å². The normalized spacial score (nSPS) is 15.0. The van der Waals surface area contributed by atoms with Crippen LogP contribution in [0.1, 0.15) is 36.8 Å². The van der Waals surface area contributed by atoms with Crippen molar-refractivity contribution >= 4 is 54.8 Å². The number of benzene rings is 5. The van der Waals surface area contributed by atoms with Crippen LogP contribution >= 0.6 is 0 Å². The van der Waals surface area contributed by atoms with Crippen LogP contribution in [0.4, 0.5) is 0 Å².